The van der Waals surface area contributed by atoms with Gasteiger partial charge in [-0.2, -0.15) is 5.26 Å². The Bertz CT molecular complexity index is 678. The Kier molecular flexibility index (Phi) is 6.50. The summed E-state index contributed by atoms with van der Waals surface area (Å²) in [6.07, 6.45) is 6.63. The van der Waals surface area contributed by atoms with Crippen LogP contribution in [0.4, 0.5) is 0 Å². The Morgan fingerprint density at radius 3 is 2.68 bits per heavy atom. The molecule has 0 aromatic heterocycles. The molecule has 22 heavy (non-hydrogen) atoms. The zero-order valence-corrected chi connectivity index (χ0v) is 13.4. The molecule has 0 saturated carbocycles. The van der Waals surface area contributed by atoms with Crippen LogP contribution in [0.3, 0.4) is 0 Å². The lowest BCUT2D eigenvalue weighted by molar-refractivity contribution is -0.117. The number of carbonyl (C=O) groups is 1. The van der Waals surface area contributed by atoms with Crippen molar-refractivity contribution >= 4 is 23.5 Å². The summed E-state index contributed by atoms with van der Waals surface area (Å²) in [4.78, 5) is 11.9. The lowest BCUT2D eigenvalue weighted by Crippen LogP contribution is -2.08. The van der Waals surface area contributed by atoms with Crippen LogP contribution in [0.5, 0.6) is 11.5 Å². The second-order valence-electron chi connectivity index (χ2n) is 4.72. The lowest BCUT2D eigenvalue weighted by Gasteiger charge is -2.12. The SMILES string of the molecule is C#CCOc1c(Cl)cc(C=C(C#N)C(=O)C(C)C)cc1OC. The number of nitriles is 1. The molecule has 5 heteroatoms. The van der Waals surface area contributed by atoms with Crippen LogP contribution in [0.1, 0.15) is 19.4 Å². The minimum absolute atomic E-state index is 0.0561. The molecule has 0 fully saturated rings. The Morgan fingerprint density at radius 2 is 2.18 bits per heavy atom. The minimum Gasteiger partial charge on any atom is -0.493 e. The first-order valence-corrected chi connectivity index (χ1v) is 6.92. The van der Waals surface area contributed by atoms with Gasteiger partial charge >= 0.3 is 0 Å². The number of Topliss-reactive ketones (excluding diaryl/α,β-unsaturated/α-hetero) is 1. The molecule has 0 heterocycles. The number of terminal acetylenes is 1. The van der Waals surface area contributed by atoms with Gasteiger partial charge in [-0.1, -0.05) is 31.4 Å². The van der Waals surface area contributed by atoms with E-state index in [1.165, 1.54) is 13.2 Å². The molecule has 1 aromatic rings. The highest BCUT2D eigenvalue weighted by molar-refractivity contribution is 6.32. The van der Waals surface area contributed by atoms with Gasteiger partial charge in [0.2, 0.25) is 0 Å². The summed E-state index contributed by atoms with van der Waals surface area (Å²) in [6, 6.07) is 5.12. The molecule has 0 N–H and O–H groups in total. The topological polar surface area (TPSA) is 59.3 Å². The molecule has 0 aliphatic carbocycles. The van der Waals surface area contributed by atoms with Gasteiger partial charge in [-0.05, 0) is 23.8 Å². The maximum Gasteiger partial charge on any atom is 0.181 e. The summed E-state index contributed by atoms with van der Waals surface area (Å²) < 4.78 is 10.5. The molecule has 1 rings (SSSR count). The predicted molar refractivity (Wildman–Crippen MR) is 85.8 cm³/mol. The third kappa shape index (κ3) is 4.28. The molecule has 114 valence electrons. The van der Waals surface area contributed by atoms with Crippen molar-refractivity contribution in [3.05, 3.63) is 28.3 Å². The van der Waals surface area contributed by atoms with E-state index in [-0.39, 0.29) is 28.9 Å². The molecule has 1 aromatic carbocycles. The van der Waals surface area contributed by atoms with Gasteiger partial charge in [0.15, 0.2) is 17.3 Å². The number of allylic oxidation sites excluding steroid dienone is 1. The number of nitrogens with zero attached hydrogens (tertiary/aromatic N) is 1. The van der Waals surface area contributed by atoms with Crippen LogP contribution in [0.15, 0.2) is 17.7 Å². The summed E-state index contributed by atoms with van der Waals surface area (Å²) >= 11 is 6.15. The fourth-order valence-electron chi connectivity index (χ4n) is 1.71. The van der Waals surface area contributed by atoms with Crippen molar-refractivity contribution in [3.8, 4) is 29.9 Å². The van der Waals surface area contributed by atoms with Crippen LogP contribution in [0, 0.1) is 29.6 Å². The van der Waals surface area contributed by atoms with E-state index >= 15 is 0 Å². The number of hydrogen-bond acceptors (Lipinski definition) is 4. The highest BCUT2D eigenvalue weighted by Gasteiger charge is 2.15. The number of ketones is 1. The van der Waals surface area contributed by atoms with Crippen LogP contribution in [0.25, 0.3) is 6.08 Å². The minimum atomic E-state index is -0.262. The fourth-order valence-corrected chi connectivity index (χ4v) is 1.99. The second kappa shape index (κ2) is 8.12. The number of carbonyl (C=O) groups excluding carboxylic acids is 1. The van der Waals surface area contributed by atoms with Gasteiger partial charge in [-0.15, -0.1) is 6.42 Å². The molecule has 0 radical (unpaired) electrons. The van der Waals surface area contributed by atoms with Gasteiger partial charge in [0, 0.05) is 5.92 Å². The van der Waals surface area contributed by atoms with Gasteiger partial charge in [-0.3, -0.25) is 4.79 Å². The Balaban J connectivity index is 3.28. The Morgan fingerprint density at radius 1 is 1.50 bits per heavy atom. The molecule has 0 atom stereocenters. The molecular formula is C17H16ClNO3. The van der Waals surface area contributed by atoms with Crippen molar-refractivity contribution in [2.24, 2.45) is 5.92 Å². The second-order valence-corrected chi connectivity index (χ2v) is 5.12. The third-order valence-corrected chi connectivity index (χ3v) is 3.05. The number of halogens is 1. The average Bonchev–Trinajstić information content (AvgIpc) is 2.50. The first-order valence-electron chi connectivity index (χ1n) is 6.54. The highest BCUT2D eigenvalue weighted by Crippen LogP contribution is 2.37. The monoisotopic (exact) mass is 317 g/mol. The smallest absolute Gasteiger partial charge is 0.181 e. The molecule has 0 bridgehead atoms. The van der Waals surface area contributed by atoms with Crippen LogP contribution in [-0.4, -0.2) is 19.5 Å². The molecule has 0 saturated heterocycles. The molecule has 0 spiro atoms. The van der Waals surface area contributed by atoms with Crippen LogP contribution < -0.4 is 9.47 Å². The first kappa shape index (κ1) is 17.6. The van der Waals surface area contributed by atoms with Gasteiger partial charge in [0.05, 0.1) is 17.7 Å². The molecule has 4 nitrogen and oxygen atoms in total. The van der Waals surface area contributed by atoms with E-state index in [9.17, 15) is 4.79 Å². The van der Waals surface area contributed by atoms with E-state index in [4.69, 9.17) is 32.8 Å². The average molecular weight is 318 g/mol. The Hall–Kier alpha value is -2.43. The number of methoxy groups -OCH3 is 1. The summed E-state index contributed by atoms with van der Waals surface area (Å²) in [5, 5.41) is 9.41. The molecule has 0 amide bonds. The number of ether oxygens (including phenoxy) is 2. The van der Waals surface area contributed by atoms with Crippen LogP contribution in [-0.2, 0) is 4.79 Å². The number of rotatable bonds is 6. The van der Waals surface area contributed by atoms with E-state index < -0.39 is 0 Å². The van der Waals surface area contributed by atoms with E-state index in [1.807, 2.05) is 6.07 Å². The normalized spacial score (nSPS) is 10.8. The van der Waals surface area contributed by atoms with E-state index in [1.54, 1.807) is 26.0 Å². The largest absolute Gasteiger partial charge is 0.493 e. The molecular weight excluding hydrogens is 302 g/mol. The highest BCUT2D eigenvalue weighted by atomic mass is 35.5. The zero-order chi connectivity index (χ0) is 16.7. The summed E-state index contributed by atoms with van der Waals surface area (Å²) in [5.74, 6) is 2.55. The predicted octanol–water partition coefficient (Wildman–Crippen LogP) is 3.49. The molecule has 0 unspecified atom stereocenters. The quantitative estimate of drug-likeness (QED) is 0.458. The van der Waals surface area contributed by atoms with Crippen molar-refractivity contribution in [3.63, 3.8) is 0 Å². The van der Waals surface area contributed by atoms with E-state index in [0.29, 0.717) is 17.1 Å². The zero-order valence-electron chi connectivity index (χ0n) is 12.6. The van der Waals surface area contributed by atoms with Crippen molar-refractivity contribution in [1.29, 1.82) is 5.26 Å². The molecule has 0 aliphatic heterocycles. The summed E-state index contributed by atoms with van der Waals surface area (Å²) in [6.45, 7) is 3.52. The van der Waals surface area contributed by atoms with Crippen molar-refractivity contribution in [2.75, 3.05) is 13.7 Å². The van der Waals surface area contributed by atoms with Crippen LogP contribution in [0.2, 0.25) is 5.02 Å². The van der Waals surface area contributed by atoms with Crippen molar-refractivity contribution in [2.45, 2.75) is 13.8 Å². The fraction of sp³-hybridized carbons (Fsp3) is 0.294. The van der Waals surface area contributed by atoms with Gasteiger partial charge < -0.3 is 9.47 Å². The van der Waals surface area contributed by atoms with E-state index in [2.05, 4.69) is 5.92 Å². The van der Waals surface area contributed by atoms with Crippen molar-refractivity contribution in [1.82, 2.24) is 0 Å². The molecule has 0 aliphatic rings. The summed E-state index contributed by atoms with van der Waals surface area (Å²) in [5.41, 5.74) is 0.630. The lowest BCUT2D eigenvalue weighted by atomic mass is 10.00. The van der Waals surface area contributed by atoms with Gasteiger partial charge in [0.1, 0.15) is 12.7 Å². The Labute approximate surface area is 135 Å². The first-order chi connectivity index (χ1) is 10.4. The summed E-state index contributed by atoms with van der Waals surface area (Å²) in [7, 11) is 1.46. The maximum atomic E-state index is 11.9. The maximum absolute atomic E-state index is 11.9. The van der Waals surface area contributed by atoms with Gasteiger partial charge in [-0.25, -0.2) is 0 Å². The number of hydrogen-bond donors (Lipinski definition) is 0. The third-order valence-electron chi connectivity index (χ3n) is 2.77. The number of benzene rings is 1. The standard InChI is InChI=1S/C17H16ClNO3/c1-5-6-22-17-14(18)8-12(9-15(17)21-4)7-13(10-19)16(20)11(2)3/h1,7-9,11H,6H2,2-4H3. The van der Waals surface area contributed by atoms with Crippen molar-refractivity contribution < 1.29 is 14.3 Å². The van der Waals surface area contributed by atoms with Crippen LogP contribution >= 0.6 is 11.6 Å². The van der Waals surface area contributed by atoms with E-state index in [0.717, 1.165) is 0 Å². The van der Waals surface area contributed by atoms with Gasteiger partial charge in [0.25, 0.3) is 0 Å².